The summed E-state index contributed by atoms with van der Waals surface area (Å²) in [6.07, 6.45) is 3.24. The Labute approximate surface area is 304 Å². The summed E-state index contributed by atoms with van der Waals surface area (Å²) in [4.78, 5) is 22.8. The number of hydrogen-bond donors (Lipinski definition) is 2. The lowest BCUT2D eigenvalue weighted by atomic mass is 9.69. The summed E-state index contributed by atoms with van der Waals surface area (Å²) in [7, 11) is -3.89. The van der Waals surface area contributed by atoms with E-state index in [-0.39, 0.29) is 49.2 Å². The van der Waals surface area contributed by atoms with Crippen molar-refractivity contribution in [2.24, 2.45) is 5.41 Å². The first-order chi connectivity index (χ1) is 24.9. The average molecular weight is 728 g/mol. The molecule has 1 aliphatic rings. The van der Waals surface area contributed by atoms with Crippen LogP contribution in [0.1, 0.15) is 67.9 Å². The van der Waals surface area contributed by atoms with Gasteiger partial charge in [0, 0.05) is 19.0 Å². The molecule has 0 spiro atoms. The molecule has 6 rings (SSSR count). The minimum Gasteiger partial charge on any atom is -0.488 e. The predicted octanol–water partition coefficient (Wildman–Crippen LogP) is 5.39. The largest absolute Gasteiger partial charge is 0.488 e. The van der Waals surface area contributed by atoms with Crippen molar-refractivity contribution in [1.82, 2.24) is 29.3 Å². The van der Waals surface area contributed by atoms with Gasteiger partial charge in [-0.25, -0.2) is 23.1 Å². The lowest BCUT2D eigenvalue weighted by Crippen LogP contribution is -2.38. The number of aromatic nitrogens is 5. The number of carbonyl (C=O) groups excluding carboxylic acids is 1. The molecule has 3 heterocycles. The van der Waals surface area contributed by atoms with Gasteiger partial charge in [-0.1, -0.05) is 62.4 Å². The Morgan fingerprint density at radius 1 is 1.10 bits per heavy atom. The van der Waals surface area contributed by atoms with E-state index in [9.17, 15) is 13.2 Å². The summed E-state index contributed by atoms with van der Waals surface area (Å²) in [6, 6.07) is 16.9. The quantitative estimate of drug-likeness (QED) is 0.171. The molecular formula is C38H45N7O6S. The fraction of sp³-hybridized carbons (Fsp3) is 0.395. The van der Waals surface area contributed by atoms with Crippen LogP contribution in [0, 0.1) is 19.3 Å². The van der Waals surface area contributed by atoms with Gasteiger partial charge in [0.1, 0.15) is 28.9 Å². The van der Waals surface area contributed by atoms with Gasteiger partial charge in [0.15, 0.2) is 0 Å². The number of rotatable bonds is 12. The van der Waals surface area contributed by atoms with Crippen molar-refractivity contribution in [3.8, 4) is 11.8 Å². The zero-order valence-corrected chi connectivity index (χ0v) is 31.1. The van der Waals surface area contributed by atoms with Crippen LogP contribution in [-0.4, -0.2) is 74.6 Å². The molecule has 2 atom stereocenters. The van der Waals surface area contributed by atoms with Gasteiger partial charge in [0.2, 0.25) is 15.9 Å². The number of ether oxygens (including phenoxy) is 2. The highest BCUT2D eigenvalue weighted by Gasteiger charge is 2.41. The van der Waals surface area contributed by atoms with E-state index in [0.717, 1.165) is 38.9 Å². The van der Waals surface area contributed by atoms with Gasteiger partial charge in [-0.3, -0.25) is 4.79 Å². The molecule has 0 saturated carbocycles. The Hall–Kier alpha value is -4.92. The molecule has 0 radical (unpaired) electrons. The highest BCUT2D eigenvalue weighted by atomic mass is 32.2. The molecule has 0 aliphatic carbocycles. The third kappa shape index (κ3) is 7.10. The van der Waals surface area contributed by atoms with E-state index in [1.165, 1.54) is 16.7 Å². The molecule has 5 aromatic rings. The van der Waals surface area contributed by atoms with Crippen LogP contribution in [0.25, 0.3) is 11.0 Å². The van der Waals surface area contributed by atoms with E-state index >= 15 is 0 Å². The van der Waals surface area contributed by atoms with E-state index in [1.807, 2.05) is 76.6 Å². The number of anilines is 1. The first-order valence-electron chi connectivity index (χ1n) is 17.4. The smallest absolute Gasteiger partial charge is 0.316 e. The lowest BCUT2D eigenvalue weighted by molar-refractivity contribution is -0.124. The number of amides is 1. The average Bonchev–Trinajstić information content (AvgIpc) is 3.52. The third-order valence-corrected chi connectivity index (χ3v) is 11.6. The molecule has 0 bridgehead atoms. The van der Waals surface area contributed by atoms with Crippen LogP contribution in [-0.2, 0) is 27.9 Å². The molecule has 1 unspecified atom stereocenters. The van der Waals surface area contributed by atoms with Crippen molar-refractivity contribution < 1.29 is 27.8 Å². The van der Waals surface area contributed by atoms with Crippen LogP contribution < -0.4 is 14.8 Å². The minimum absolute atomic E-state index is 0.0542. The first kappa shape index (κ1) is 36.9. The Kier molecular flexibility index (Phi) is 10.6. The first-order valence-corrected chi connectivity index (χ1v) is 18.9. The SMILES string of the molecule is CC[C@@H]1CN(Cc2cc(C(c3ccc4c(nnn4CC)c3C)C(C)(C)C(=O)Nc3cnc(OCCO)nc3)ccc2C)S(=O)(=O)c2ccccc2O1. The normalized spacial score (nSPS) is 16.5. The molecular weight excluding hydrogens is 683 g/mol. The second-order valence-electron chi connectivity index (χ2n) is 13.6. The summed E-state index contributed by atoms with van der Waals surface area (Å²) in [5, 5.41) is 20.9. The minimum atomic E-state index is -3.89. The van der Waals surface area contributed by atoms with E-state index in [0.29, 0.717) is 24.4 Å². The van der Waals surface area contributed by atoms with Crippen LogP contribution in [0.15, 0.2) is 71.9 Å². The van der Waals surface area contributed by atoms with Crippen molar-refractivity contribution in [2.45, 2.75) is 78.0 Å². The number of hydrogen-bond acceptors (Lipinski definition) is 10. The van der Waals surface area contributed by atoms with E-state index in [2.05, 4.69) is 25.6 Å². The molecule has 0 fully saturated rings. The Balaban J connectivity index is 1.42. The maximum Gasteiger partial charge on any atom is 0.316 e. The van der Waals surface area contributed by atoms with E-state index in [4.69, 9.17) is 14.6 Å². The standard InChI is InChI=1S/C38H45N7O6S/c1-7-29-23-44(52(48,49)33-12-10-9-11-32(33)51-29)22-27-19-26(14-13-24(27)3)34(30-15-16-31-35(25(30)4)42-43-45(31)8-2)38(5,6)36(47)41-28-20-39-37(40-21-28)50-18-17-46/h9-16,19-21,29,34,46H,7-8,17-18,22-23H2,1-6H3,(H,41,47)/t29-,34?/m1/s1. The van der Waals surface area contributed by atoms with Gasteiger partial charge in [-0.2, -0.15) is 4.31 Å². The zero-order valence-electron chi connectivity index (χ0n) is 30.3. The predicted molar refractivity (Wildman–Crippen MR) is 197 cm³/mol. The number of benzene rings is 3. The van der Waals surface area contributed by atoms with Gasteiger partial charge in [-0.05, 0) is 73.2 Å². The van der Waals surface area contributed by atoms with Crippen molar-refractivity contribution in [3.63, 3.8) is 0 Å². The van der Waals surface area contributed by atoms with E-state index < -0.39 is 21.4 Å². The number of fused-ring (bicyclic) bond motifs is 2. The number of aliphatic hydroxyl groups excluding tert-OH is 1. The summed E-state index contributed by atoms with van der Waals surface area (Å²) < 4.78 is 42.9. The molecule has 1 aliphatic heterocycles. The van der Waals surface area contributed by atoms with E-state index in [1.54, 1.807) is 24.3 Å². The number of carbonyl (C=O) groups is 1. The molecule has 274 valence electrons. The zero-order chi connectivity index (χ0) is 37.2. The Morgan fingerprint density at radius 3 is 2.56 bits per heavy atom. The Bertz CT molecular complexity index is 2190. The molecule has 52 heavy (non-hydrogen) atoms. The molecule has 14 heteroatoms. The molecule has 0 saturated heterocycles. The fourth-order valence-electron chi connectivity index (χ4n) is 6.76. The van der Waals surface area contributed by atoms with Crippen molar-refractivity contribution in [3.05, 3.63) is 94.8 Å². The van der Waals surface area contributed by atoms with Gasteiger partial charge < -0.3 is 19.9 Å². The second-order valence-corrected chi connectivity index (χ2v) is 15.5. The monoisotopic (exact) mass is 727 g/mol. The van der Waals surface area contributed by atoms with Crippen LogP contribution in [0.2, 0.25) is 0 Å². The van der Waals surface area contributed by atoms with Gasteiger partial charge in [-0.15, -0.1) is 5.10 Å². The number of sulfonamides is 1. The summed E-state index contributed by atoms with van der Waals surface area (Å²) in [6.45, 7) is 12.6. The number of aliphatic hydroxyl groups is 1. The molecule has 1 amide bonds. The van der Waals surface area contributed by atoms with Gasteiger partial charge in [0.05, 0.1) is 42.2 Å². The van der Waals surface area contributed by atoms with Crippen LogP contribution >= 0.6 is 0 Å². The molecule has 13 nitrogen and oxygen atoms in total. The number of nitrogens with zero attached hydrogens (tertiary/aromatic N) is 6. The number of nitrogens with one attached hydrogen (secondary N) is 1. The summed E-state index contributed by atoms with van der Waals surface area (Å²) in [5.74, 6) is -0.415. The van der Waals surface area contributed by atoms with Crippen LogP contribution in [0.4, 0.5) is 5.69 Å². The van der Waals surface area contributed by atoms with Crippen LogP contribution in [0.3, 0.4) is 0 Å². The highest BCUT2D eigenvalue weighted by Crippen LogP contribution is 2.45. The lowest BCUT2D eigenvalue weighted by Gasteiger charge is -2.35. The molecule has 2 aromatic heterocycles. The molecule has 3 aromatic carbocycles. The number of para-hydroxylation sites is 1. The third-order valence-electron chi connectivity index (χ3n) is 9.78. The number of aryl methyl sites for hydroxylation is 3. The Morgan fingerprint density at radius 2 is 1.85 bits per heavy atom. The van der Waals surface area contributed by atoms with Crippen molar-refractivity contribution in [2.75, 3.05) is 25.1 Å². The molecule has 2 N–H and O–H groups in total. The topological polar surface area (TPSA) is 162 Å². The maximum atomic E-state index is 14.3. The van der Waals surface area contributed by atoms with Crippen molar-refractivity contribution >= 4 is 32.7 Å². The van der Waals surface area contributed by atoms with Crippen molar-refractivity contribution in [1.29, 1.82) is 0 Å². The van der Waals surface area contributed by atoms with Crippen LogP contribution in [0.5, 0.6) is 11.8 Å². The van der Waals surface area contributed by atoms with Gasteiger partial charge in [0.25, 0.3) is 0 Å². The van der Waals surface area contributed by atoms with Gasteiger partial charge >= 0.3 is 6.01 Å². The summed E-state index contributed by atoms with van der Waals surface area (Å²) >= 11 is 0. The second kappa shape index (κ2) is 15.0. The fourth-order valence-corrected chi connectivity index (χ4v) is 8.34. The maximum absolute atomic E-state index is 14.3. The highest BCUT2D eigenvalue weighted by molar-refractivity contribution is 7.89. The summed E-state index contributed by atoms with van der Waals surface area (Å²) in [5.41, 5.74) is 5.34.